The molecule has 0 unspecified atom stereocenters. The zero-order valence-corrected chi connectivity index (χ0v) is 14.1. The van der Waals surface area contributed by atoms with Crippen molar-refractivity contribution in [1.82, 2.24) is 0 Å². The van der Waals surface area contributed by atoms with Crippen LogP contribution < -0.4 is 8.92 Å². The monoisotopic (exact) mass is 348 g/mol. The average molecular weight is 347 g/mol. The van der Waals surface area contributed by atoms with Crippen molar-refractivity contribution < 1.29 is 0 Å². The fraction of sp³-hybridized carbons (Fsp3) is 0.0476. The summed E-state index contributed by atoms with van der Waals surface area (Å²) in [4.78, 5) is 0. The van der Waals surface area contributed by atoms with E-state index < -0.39 is 0 Å². The third-order valence-electron chi connectivity index (χ3n) is 3.95. The number of hydrogen-bond donors (Lipinski definition) is 0. The van der Waals surface area contributed by atoms with Gasteiger partial charge < -0.3 is 0 Å². The van der Waals surface area contributed by atoms with Gasteiger partial charge in [0.25, 0.3) is 0 Å². The van der Waals surface area contributed by atoms with Gasteiger partial charge in [0.1, 0.15) is 0 Å². The minimum atomic E-state index is 0.331. The Morgan fingerprint density at radius 2 is 1.41 bits per heavy atom. The van der Waals surface area contributed by atoms with Gasteiger partial charge in [0.15, 0.2) is 0 Å². The van der Waals surface area contributed by atoms with Gasteiger partial charge in [0, 0.05) is 0 Å². The molecule has 0 amide bonds. The van der Waals surface area contributed by atoms with Gasteiger partial charge in [-0.3, -0.25) is 0 Å². The molecular formula is C21H16Se. The second kappa shape index (κ2) is 5.61. The molecule has 22 heavy (non-hydrogen) atoms. The fourth-order valence-electron chi connectivity index (χ4n) is 2.88. The van der Waals surface area contributed by atoms with E-state index >= 15 is 0 Å². The molecule has 0 saturated heterocycles. The van der Waals surface area contributed by atoms with Crippen molar-refractivity contribution in [3.8, 4) is 0 Å². The van der Waals surface area contributed by atoms with E-state index in [9.17, 15) is 0 Å². The Hall–Kier alpha value is -2.08. The Labute approximate surface area is 136 Å². The van der Waals surface area contributed by atoms with E-state index in [4.69, 9.17) is 0 Å². The molecule has 4 aromatic carbocycles. The fourth-order valence-corrected chi connectivity index (χ4v) is 5.01. The summed E-state index contributed by atoms with van der Waals surface area (Å²) in [6.07, 6.45) is 0. The van der Waals surface area contributed by atoms with Crippen LogP contribution in [-0.2, 0) is 0 Å². The number of hydrogen-bond acceptors (Lipinski definition) is 0. The molecule has 0 aliphatic rings. The van der Waals surface area contributed by atoms with Gasteiger partial charge in [-0.2, -0.15) is 0 Å². The molecule has 0 aromatic heterocycles. The van der Waals surface area contributed by atoms with Crippen LogP contribution in [0, 0.1) is 6.92 Å². The number of fused-ring (bicyclic) bond motifs is 3. The molecule has 0 heterocycles. The van der Waals surface area contributed by atoms with Crippen LogP contribution in [-0.4, -0.2) is 15.0 Å². The standard InChI is InChI=1S/C21H16Se/c1-15-11-12-19-18-10-6-5-7-16(18)14-21(20(19)13-15)22-17-8-3-2-4-9-17/h2-14H,1H3. The molecule has 0 fully saturated rings. The summed E-state index contributed by atoms with van der Waals surface area (Å²) in [6, 6.07) is 28.7. The first-order chi connectivity index (χ1) is 10.8. The van der Waals surface area contributed by atoms with Gasteiger partial charge in [0.2, 0.25) is 0 Å². The number of rotatable bonds is 2. The minimum absolute atomic E-state index is 0.331. The predicted octanol–water partition coefficient (Wildman–Crippen LogP) is 3.96. The zero-order valence-electron chi connectivity index (χ0n) is 12.4. The normalized spacial score (nSPS) is 11.1. The average Bonchev–Trinajstić information content (AvgIpc) is 2.56. The van der Waals surface area contributed by atoms with Crippen molar-refractivity contribution in [2.75, 3.05) is 0 Å². The predicted molar refractivity (Wildman–Crippen MR) is 97.7 cm³/mol. The number of benzene rings is 4. The van der Waals surface area contributed by atoms with Gasteiger partial charge in [-0.1, -0.05) is 0 Å². The second-order valence-electron chi connectivity index (χ2n) is 5.56. The summed E-state index contributed by atoms with van der Waals surface area (Å²) in [5.74, 6) is 0. The molecule has 1 heteroatoms. The van der Waals surface area contributed by atoms with Gasteiger partial charge >= 0.3 is 137 Å². The van der Waals surface area contributed by atoms with Crippen molar-refractivity contribution >= 4 is 45.4 Å². The Morgan fingerprint density at radius 3 is 2.27 bits per heavy atom. The first kappa shape index (κ1) is 13.6. The Kier molecular flexibility index (Phi) is 3.46. The van der Waals surface area contributed by atoms with Crippen molar-refractivity contribution in [3.63, 3.8) is 0 Å². The van der Waals surface area contributed by atoms with Gasteiger partial charge in [0.05, 0.1) is 0 Å². The first-order valence-electron chi connectivity index (χ1n) is 7.46. The molecule has 0 spiro atoms. The van der Waals surface area contributed by atoms with Crippen LogP contribution in [0.15, 0.2) is 78.9 Å². The molecule has 0 atom stereocenters. The van der Waals surface area contributed by atoms with Crippen LogP contribution in [0.1, 0.15) is 5.56 Å². The summed E-state index contributed by atoms with van der Waals surface area (Å²) < 4.78 is 2.89. The van der Waals surface area contributed by atoms with Crippen LogP contribution in [0.25, 0.3) is 21.5 Å². The van der Waals surface area contributed by atoms with Gasteiger partial charge in [-0.15, -0.1) is 0 Å². The molecule has 0 aliphatic heterocycles. The van der Waals surface area contributed by atoms with Crippen LogP contribution in [0.5, 0.6) is 0 Å². The third kappa shape index (κ3) is 2.43. The summed E-state index contributed by atoms with van der Waals surface area (Å²) in [5.41, 5.74) is 1.33. The van der Waals surface area contributed by atoms with E-state index in [1.807, 2.05) is 0 Å². The molecule has 0 N–H and O–H groups in total. The van der Waals surface area contributed by atoms with Crippen molar-refractivity contribution in [2.45, 2.75) is 6.92 Å². The Morgan fingerprint density at radius 1 is 0.636 bits per heavy atom. The molecule has 4 aromatic rings. The Balaban J connectivity index is 2.00. The molecular weight excluding hydrogens is 331 g/mol. The number of aryl methyl sites for hydroxylation is 1. The van der Waals surface area contributed by atoms with Gasteiger partial charge in [-0.25, -0.2) is 0 Å². The van der Waals surface area contributed by atoms with E-state index in [-0.39, 0.29) is 0 Å². The van der Waals surface area contributed by atoms with E-state index in [2.05, 4.69) is 85.8 Å². The van der Waals surface area contributed by atoms with E-state index in [1.165, 1.54) is 36.0 Å². The summed E-state index contributed by atoms with van der Waals surface area (Å²) >= 11 is 0.331. The molecule has 0 bridgehead atoms. The van der Waals surface area contributed by atoms with Crippen molar-refractivity contribution in [1.29, 1.82) is 0 Å². The SMILES string of the molecule is Cc1ccc2c(c1)c([Se]c1ccccc1)cc1ccccc12. The molecule has 4 rings (SSSR count). The second-order valence-corrected chi connectivity index (χ2v) is 7.90. The summed E-state index contributed by atoms with van der Waals surface area (Å²) in [5, 5.41) is 5.47. The van der Waals surface area contributed by atoms with Crippen LogP contribution in [0.3, 0.4) is 0 Å². The van der Waals surface area contributed by atoms with Crippen LogP contribution in [0.4, 0.5) is 0 Å². The molecule has 0 nitrogen and oxygen atoms in total. The molecule has 0 saturated carbocycles. The molecule has 106 valence electrons. The van der Waals surface area contributed by atoms with Crippen molar-refractivity contribution in [2.24, 2.45) is 0 Å². The zero-order chi connectivity index (χ0) is 14.9. The quantitative estimate of drug-likeness (QED) is 0.380. The van der Waals surface area contributed by atoms with Crippen LogP contribution >= 0.6 is 0 Å². The van der Waals surface area contributed by atoms with E-state index in [0.29, 0.717) is 15.0 Å². The maximum atomic E-state index is 2.38. The first-order valence-corrected chi connectivity index (χ1v) is 9.17. The van der Waals surface area contributed by atoms with E-state index in [0.717, 1.165) is 0 Å². The third-order valence-corrected chi connectivity index (χ3v) is 6.18. The molecule has 0 radical (unpaired) electrons. The van der Waals surface area contributed by atoms with Gasteiger partial charge in [-0.05, 0) is 0 Å². The maximum absolute atomic E-state index is 2.38. The Bertz CT molecular complexity index is 955. The van der Waals surface area contributed by atoms with Crippen LogP contribution in [0.2, 0.25) is 0 Å². The summed E-state index contributed by atoms with van der Waals surface area (Å²) in [7, 11) is 0. The van der Waals surface area contributed by atoms with E-state index in [1.54, 1.807) is 0 Å². The summed E-state index contributed by atoms with van der Waals surface area (Å²) in [6.45, 7) is 2.17. The topological polar surface area (TPSA) is 0 Å². The molecule has 0 aliphatic carbocycles. The van der Waals surface area contributed by atoms with Crippen molar-refractivity contribution in [3.05, 3.63) is 84.4 Å².